The summed E-state index contributed by atoms with van der Waals surface area (Å²) in [5, 5.41) is 15.6. The SMILES string of the molecule is COc1cnc2nc(NC3(c4ccc(C(C)(C)O)cc4)SC=CC3C(N)=O)ccc2n1. The van der Waals surface area contributed by atoms with Crippen LogP contribution in [-0.4, -0.2) is 33.1 Å². The smallest absolute Gasteiger partial charge is 0.232 e. The molecule has 9 heteroatoms. The molecule has 0 saturated carbocycles. The zero-order valence-corrected chi connectivity index (χ0v) is 18.2. The third-order valence-corrected chi connectivity index (χ3v) is 6.45. The zero-order chi connectivity index (χ0) is 22.2. The fourth-order valence-corrected chi connectivity index (χ4v) is 4.75. The molecule has 2 aromatic heterocycles. The first kappa shape index (κ1) is 21.1. The Kier molecular flexibility index (Phi) is 5.32. The van der Waals surface area contributed by atoms with Gasteiger partial charge >= 0.3 is 0 Å². The van der Waals surface area contributed by atoms with E-state index < -0.39 is 22.3 Å². The van der Waals surface area contributed by atoms with E-state index in [1.54, 1.807) is 32.1 Å². The van der Waals surface area contributed by atoms with E-state index in [0.29, 0.717) is 22.9 Å². The molecule has 0 radical (unpaired) electrons. The fraction of sp³-hybridized carbons (Fsp3) is 0.273. The van der Waals surface area contributed by atoms with Gasteiger partial charge in [0.25, 0.3) is 0 Å². The fourth-order valence-electron chi connectivity index (χ4n) is 3.53. The molecule has 8 nitrogen and oxygen atoms in total. The van der Waals surface area contributed by atoms with Crippen molar-refractivity contribution in [1.82, 2.24) is 15.0 Å². The number of benzene rings is 1. The number of rotatable bonds is 6. The van der Waals surface area contributed by atoms with Gasteiger partial charge in [0.05, 0.1) is 24.8 Å². The Bertz CT molecular complexity index is 1160. The summed E-state index contributed by atoms with van der Waals surface area (Å²) < 4.78 is 5.11. The number of fused-ring (bicyclic) bond motifs is 1. The maximum atomic E-state index is 12.3. The lowest BCUT2D eigenvalue weighted by molar-refractivity contribution is -0.121. The maximum absolute atomic E-state index is 12.3. The number of amides is 1. The second-order valence-electron chi connectivity index (χ2n) is 7.78. The van der Waals surface area contributed by atoms with E-state index in [0.717, 1.165) is 11.1 Å². The summed E-state index contributed by atoms with van der Waals surface area (Å²) >= 11 is 1.45. The molecule has 160 valence electrons. The molecule has 2 atom stereocenters. The summed E-state index contributed by atoms with van der Waals surface area (Å²) in [6.07, 6.45) is 3.29. The quantitative estimate of drug-likeness (QED) is 0.538. The lowest BCUT2D eigenvalue weighted by Crippen LogP contribution is -2.43. The Morgan fingerprint density at radius 1 is 1.23 bits per heavy atom. The van der Waals surface area contributed by atoms with Crippen LogP contribution in [0.25, 0.3) is 11.2 Å². The molecule has 4 rings (SSSR count). The summed E-state index contributed by atoms with van der Waals surface area (Å²) in [5.41, 5.74) is 7.42. The van der Waals surface area contributed by atoms with E-state index in [4.69, 9.17) is 10.5 Å². The highest BCUT2D eigenvalue weighted by atomic mass is 32.2. The van der Waals surface area contributed by atoms with Crippen molar-refractivity contribution >= 4 is 34.7 Å². The van der Waals surface area contributed by atoms with E-state index in [1.807, 2.05) is 29.7 Å². The Morgan fingerprint density at radius 3 is 2.61 bits per heavy atom. The molecule has 0 bridgehead atoms. The third-order valence-electron chi connectivity index (χ3n) is 5.20. The summed E-state index contributed by atoms with van der Waals surface area (Å²) in [6, 6.07) is 11.0. The zero-order valence-electron chi connectivity index (χ0n) is 17.4. The van der Waals surface area contributed by atoms with E-state index in [1.165, 1.54) is 25.1 Å². The average molecular weight is 438 g/mol. The van der Waals surface area contributed by atoms with Crippen LogP contribution in [0.5, 0.6) is 5.88 Å². The molecule has 0 spiro atoms. The van der Waals surface area contributed by atoms with Crippen molar-refractivity contribution in [3.63, 3.8) is 0 Å². The van der Waals surface area contributed by atoms with Crippen LogP contribution >= 0.6 is 11.8 Å². The molecule has 0 saturated heterocycles. The molecule has 31 heavy (non-hydrogen) atoms. The Balaban J connectivity index is 1.76. The van der Waals surface area contributed by atoms with Crippen molar-refractivity contribution in [2.75, 3.05) is 12.4 Å². The van der Waals surface area contributed by atoms with Crippen LogP contribution in [0, 0.1) is 5.92 Å². The first-order valence-corrected chi connectivity index (χ1v) is 10.5. The van der Waals surface area contributed by atoms with Crippen molar-refractivity contribution in [3.05, 3.63) is 65.2 Å². The summed E-state index contributed by atoms with van der Waals surface area (Å²) in [5.74, 6) is -0.126. The van der Waals surface area contributed by atoms with Gasteiger partial charge in [-0.3, -0.25) is 4.79 Å². The minimum absolute atomic E-state index is 0.405. The number of anilines is 1. The number of aliphatic hydroxyl groups is 1. The number of nitrogens with zero attached hydrogens (tertiary/aromatic N) is 3. The largest absolute Gasteiger partial charge is 0.480 e. The number of ether oxygens (including phenoxy) is 1. The molecule has 0 fully saturated rings. The van der Waals surface area contributed by atoms with Gasteiger partial charge in [0.15, 0.2) is 5.65 Å². The van der Waals surface area contributed by atoms with Gasteiger partial charge in [0.2, 0.25) is 11.8 Å². The van der Waals surface area contributed by atoms with E-state index in [-0.39, 0.29) is 0 Å². The van der Waals surface area contributed by atoms with Crippen molar-refractivity contribution in [2.45, 2.75) is 24.3 Å². The number of carbonyl (C=O) groups excluding carboxylic acids is 1. The number of hydrogen-bond donors (Lipinski definition) is 3. The third kappa shape index (κ3) is 3.94. The van der Waals surface area contributed by atoms with Gasteiger partial charge < -0.3 is 20.9 Å². The van der Waals surface area contributed by atoms with Gasteiger partial charge in [-0.1, -0.05) is 30.3 Å². The second kappa shape index (κ2) is 7.82. The van der Waals surface area contributed by atoms with Gasteiger partial charge in [-0.15, -0.1) is 11.8 Å². The lowest BCUT2D eigenvalue weighted by Gasteiger charge is -2.35. The standard InChI is InChI=1S/C22H23N5O3S/c1-21(2,29)13-4-6-14(7-5-13)22(15(19(23)28)10-11-31-22)27-17-9-8-16-20(26-17)24-12-18(25-16)30-3/h4-12,15,29H,1-3H3,(H2,23,28)(H,24,26,27). The minimum atomic E-state index is -0.969. The number of methoxy groups -OCH3 is 1. The van der Waals surface area contributed by atoms with Crippen LogP contribution in [-0.2, 0) is 15.3 Å². The molecule has 1 aliphatic heterocycles. The van der Waals surface area contributed by atoms with Gasteiger partial charge in [-0.05, 0) is 42.5 Å². The molecule has 1 aromatic carbocycles. The first-order chi connectivity index (χ1) is 14.7. The maximum Gasteiger partial charge on any atom is 0.232 e. The predicted molar refractivity (Wildman–Crippen MR) is 120 cm³/mol. The monoisotopic (exact) mass is 437 g/mol. The Labute approximate surface area is 184 Å². The van der Waals surface area contributed by atoms with Crippen molar-refractivity contribution in [2.24, 2.45) is 11.7 Å². The van der Waals surface area contributed by atoms with E-state index >= 15 is 0 Å². The highest BCUT2D eigenvalue weighted by Crippen LogP contribution is 2.49. The number of carbonyl (C=O) groups is 1. The molecule has 3 aromatic rings. The van der Waals surface area contributed by atoms with Gasteiger partial charge in [0, 0.05) is 0 Å². The normalized spacial score (nSPS) is 20.7. The molecule has 3 heterocycles. The molecule has 2 unspecified atom stereocenters. The van der Waals surface area contributed by atoms with Crippen LogP contribution < -0.4 is 15.8 Å². The first-order valence-electron chi connectivity index (χ1n) is 9.66. The number of pyridine rings is 1. The molecular formula is C22H23N5O3S. The summed E-state index contributed by atoms with van der Waals surface area (Å²) in [7, 11) is 1.53. The van der Waals surface area contributed by atoms with Crippen LogP contribution in [0.4, 0.5) is 5.82 Å². The molecule has 1 amide bonds. The number of aromatic nitrogens is 3. The molecular weight excluding hydrogens is 414 g/mol. The van der Waals surface area contributed by atoms with Gasteiger partial charge in [-0.25, -0.2) is 15.0 Å². The highest BCUT2D eigenvalue weighted by Gasteiger charge is 2.46. The Morgan fingerprint density at radius 2 is 1.97 bits per heavy atom. The Hall–Kier alpha value is -3.17. The van der Waals surface area contributed by atoms with Gasteiger partial charge in [0.1, 0.15) is 16.2 Å². The molecule has 0 aliphatic carbocycles. The van der Waals surface area contributed by atoms with Crippen LogP contribution in [0.1, 0.15) is 25.0 Å². The number of primary amides is 1. The predicted octanol–water partition coefficient (Wildman–Crippen LogP) is 2.89. The number of nitrogens with one attached hydrogen (secondary N) is 1. The van der Waals surface area contributed by atoms with Crippen molar-refractivity contribution in [3.8, 4) is 5.88 Å². The number of thioether (sulfide) groups is 1. The topological polar surface area (TPSA) is 123 Å². The lowest BCUT2D eigenvalue weighted by atomic mass is 9.89. The summed E-state index contributed by atoms with van der Waals surface area (Å²) in [4.78, 5) is 24.6. The minimum Gasteiger partial charge on any atom is -0.480 e. The van der Waals surface area contributed by atoms with E-state index in [9.17, 15) is 9.90 Å². The number of nitrogens with two attached hydrogens (primary N) is 1. The average Bonchev–Trinajstić information content (AvgIpc) is 3.18. The molecule has 1 aliphatic rings. The summed E-state index contributed by atoms with van der Waals surface area (Å²) in [6.45, 7) is 3.45. The highest BCUT2D eigenvalue weighted by molar-refractivity contribution is 8.03. The van der Waals surface area contributed by atoms with Crippen LogP contribution in [0.15, 0.2) is 54.1 Å². The second-order valence-corrected chi connectivity index (χ2v) is 8.93. The van der Waals surface area contributed by atoms with Gasteiger partial charge in [-0.2, -0.15) is 0 Å². The van der Waals surface area contributed by atoms with E-state index in [2.05, 4.69) is 20.3 Å². The van der Waals surface area contributed by atoms with Crippen molar-refractivity contribution in [1.29, 1.82) is 0 Å². The number of hydrogen-bond acceptors (Lipinski definition) is 8. The van der Waals surface area contributed by atoms with Crippen LogP contribution in [0.3, 0.4) is 0 Å². The molecule has 4 N–H and O–H groups in total. The van der Waals surface area contributed by atoms with Crippen molar-refractivity contribution < 1.29 is 14.6 Å². The van der Waals surface area contributed by atoms with Crippen LogP contribution in [0.2, 0.25) is 0 Å².